The van der Waals surface area contributed by atoms with E-state index in [1.165, 1.54) is 28.2 Å². The molecule has 5 rings (SSSR count). The van der Waals surface area contributed by atoms with Crippen LogP contribution in [0.2, 0.25) is 0 Å². The number of ether oxygens (including phenoxy) is 1. The molecule has 7 nitrogen and oxygen atoms in total. The molecule has 3 aromatic rings. The molecule has 36 heavy (non-hydrogen) atoms. The van der Waals surface area contributed by atoms with Crippen molar-refractivity contribution in [3.8, 4) is 11.4 Å². The minimum atomic E-state index is 0.303. The molecular weight excluding hydrogens is 448 g/mol. The number of fused-ring (bicyclic) bond motifs is 1. The van der Waals surface area contributed by atoms with Gasteiger partial charge < -0.3 is 14.5 Å². The summed E-state index contributed by atoms with van der Waals surface area (Å²) in [5, 5.41) is 4.77. The predicted octanol–water partition coefficient (Wildman–Crippen LogP) is 5.04. The lowest BCUT2D eigenvalue weighted by molar-refractivity contribution is 0.0443. The van der Waals surface area contributed by atoms with Gasteiger partial charge >= 0.3 is 0 Å². The predicted molar refractivity (Wildman–Crippen MR) is 146 cm³/mol. The third-order valence-electron chi connectivity index (χ3n) is 7.96. The van der Waals surface area contributed by atoms with Crippen LogP contribution in [-0.2, 0) is 24.8 Å². The van der Waals surface area contributed by atoms with E-state index in [-0.39, 0.29) is 0 Å². The lowest BCUT2D eigenvalue weighted by Crippen LogP contribution is -2.44. The van der Waals surface area contributed by atoms with E-state index in [1.807, 2.05) is 11.8 Å². The number of piperidine rings is 1. The SMILES string of the molecule is COC1CCN(c2nc(-c3c(C)cccc3C)nc3c2CN(c2cc(C(C)C)nn2C)CC3)CC1C. The highest BCUT2D eigenvalue weighted by atomic mass is 16.5. The Hall–Kier alpha value is -2.93. The van der Waals surface area contributed by atoms with Gasteiger partial charge in [0.25, 0.3) is 0 Å². The van der Waals surface area contributed by atoms with Gasteiger partial charge in [-0.25, -0.2) is 9.97 Å². The molecule has 0 bridgehead atoms. The second-order valence-corrected chi connectivity index (χ2v) is 10.9. The van der Waals surface area contributed by atoms with Gasteiger partial charge in [-0.1, -0.05) is 39.0 Å². The molecule has 0 radical (unpaired) electrons. The molecule has 2 aromatic heterocycles. The zero-order chi connectivity index (χ0) is 25.6. The molecule has 4 heterocycles. The van der Waals surface area contributed by atoms with E-state index in [1.54, 1.807) is 0 Å². The molecule has 1 saturated heterocycles. The zero-order valence-corrected chi connectivity index (χ0v) is 22.9. The van der Waals surface area contributed by atoms with Crippen LogP contribution in [0.1, 0.15) is 61.2 Å². The summed E-state index contributed by atoms with van der Waals surface area (Å²) in [4.78, 5) is 15.4. The van der Waals surface area contributed by atoms with Crippen molar-refractivity contribution in [3.63, 3.8) is 0 Å². The number of methoxy groups -OCH3 is 1. The average Bonchev–Trinajstić information content (AvgIpc) is 3.25. The molecule has 7 heteroatoms. The van der Waals surface area contributed by atoms with Crippen LogP contribution in [0, 0.1) is 19.8 Å². The fourth-order valence-corrected chi connectivity index (χ4v) is 5.86. The number of hydrogen-bond acceptors (Lipinski definition) is 6. The molecular formula is C29H40N6O. The van der Waals surface area contributed by atoms with Crippen LogP contribution in [0.15, 0.2) is 24.3 Å². The van der Waals surface area contributed by atoms with E-state index in [0.29, 0.717) is 17.9 Å². The zero-order valence-electron chi connectivity index (χ0n) is 22.9. The number of nitrogens with zero attached hydrogens (tertiary/aromatic N) is 6. The first-order valence-electron chi connectivity index (χ1n) is 13.3. The van der Waals surface area contributed by atoms with Crippen molar-refractivity contribution >= 4 is 11.6 Å². The molecule has 1 aromatic carbocycles. The van der Waals surface area contributed by atoms with Crippen LogP contribution in [-0.4, -0.2) is 52.6 Å². The Balaban J connectivity index is 1.58. The Kier molecular flexibility index (Phi) is 6.77. The maximum Gasteiger partial charge on any atom is 0.162 e. The maximum atomic E-state index is 5.76. The van der Waals surface area contributed by atoms with Crippen LogP contribution >= 0.6 is 0 Å². The van der Waals surface area contributed by atoms with E-state index in [9.17, 15) is 0 Å². The Labute approximate surface area is 215 Å². The van der Waals surface area contributed by atoms with Crippen LogP contribution in [0.3, 0.4) is 0 Å². The van der Waals surface area contributed by atoms with Gasteiger partial charge in [-0.15, -0.1) is 0 Å². The number of hydrogen-bond donors (Lipinski definition) is 0. The Bertz CT molecular complexity index is 1230. The normalized spacial score (nSPS) is 20.2. The summed E-state index contributed by atoms with van der Waals surface area (Å²) in [6, 6.07) is 8.68. The molecule has 1 fully saturated rings. The number of rotatable bonds is 5. The first-order valence-corrected chi connectivity index (χ1v) is 13.3. The van der Waals surface area contributed by atoms with Crippen molar-refractivity contribution in [2.75, 3.05) is 36.5 Å². The summed E-state index contributed by atoms with van der Waals surface area (Å²) in [5.74, 6) is 3.97. The van der Waals surface area contributed by atoms with Crippen molar-refractivity contribution < 1.29 is 4.74 Å². The quantitative estimate of drug-likeness (QED) is 0.501. The molecule has 0 N–H and O–H groups in total. The van der Waals surface area contributed by atoms with Gasteiger partial charge in [-0.2, -0.15) is 5.10 Å². The highest BCUT2D eigenvalue weighted by Gasteiger charge is 2.32. The van der Waals surface area contributed by atoms with Gasteiger partial charge in [0.05, 0.1) is 17.5 Å². The topological polar surface area (TPSA) is 59.3 Å². The fourth-order valence-electron chi connectivity index (χ4n) is 5.86. The Morgan fingerprint density at radius 1 is 1.06 bits per heavy atom. The number of aryl methyl sites for hydroxylation is 3. The van der Waals surface area contributed by atoms with Crippen molar-refractivity contribution in [3.05, 3.63) is 52.3 Å². The summed E-state index contributed by atoms with van der Waals surface area (Å²) in [6.45, 7) is 14.6. The summed E-state index contributed by atoms with van der Waals surface area (Å²) >= 11 is 0. The molecule has 2 atom stereocenters. The molecule has 0 spiro atoms. The second-order valence-electron chi connectivity index (χ2n) is 10.9. The largest absolute Gasteiger partial charge is 0.381 e. The molecule has 2 aliphatic rings. The van der Waals surface area contributed by atoms with Crippen LogP contribution in [0.25, 0.3) is 11.4 Å². The molecule has 0 amide bonds. The van der Waals surface area contributed by atoms with E-state index in [2.05, 4.69) is 75.7 Å². The fraction of sp³-hybridized carbons (Fsp3) is 0.552. The van der Waals surface area contributed by atoms with Gasteiger partial charge in [-0.05, 0) is 43.2 Å². The first-order chi connectivity index (χ1) is 17.3. The van der Waals surface area contributed by atoms with Gasteiger partial charge in [0.1, 0.15) is 11.6 Å². The number of aromatic nitrogens is 4. The van der Waals surface area contributed by atoms with Crippen LogP contribution in [0.5, 0.6) is 0 Å². The van der Waals surface area contributed by atoms with E-state index >= 15 is 0 Å². The van der Waals surface area contributed by atoms with Gasteiger partial charge in [-0.3, -0.25) is 4.68 Å². The lowest BCUT2D eigenvalue weighted by atomic mass is 9.95. The smallest absolute Gasteiger partial charge is 0.162 e. The first kappa shape index (κ1) is 24.8. The number of anilines is 2. The van der Waals surface area contributed by atoms with E-state index in [4.69, 9.17) is 19.8 Å². The molecule has 0 saturated carbocycles. The highest BCUT2D eigenvalue weighted by Crippen LogP contribution is 2.35. The van der Waals surface area contributed by atoms with Crippen LogP contribution < -0.4 is 9.80 Å². The number of benzene rings is 1. The van der Waals surface area contributed by atoms with Crippen molar-refractivity contribution in [1.29, 1.82) is 0 Å². The molecule has 2 unspecified atom stereocenters. The third kappa shape index (κ3) is 4.49. The molecule has 0 aliphatic carbocycles. The standard InChI is InChI=1S/C29H40N6O/c1-18(2)24-15-26(33(6)32-24)34-13-11-23-22(17-34)29(35-14-12-25(36-7)21(5)16-35)31-28(30-23)27-19(3)9-8-10-20(27)4/h8-10,15,18,21,25H,11-14,16-17H2,1-7H3. The third-order valence-corrected chi connectivity index (χ3v) is 7.96. The summed E-state index contributed by atoms with van der Waals surface area (Å²) in [5.41, 5.74) is 7.18. The monoisotopic (exact) mass is 488 g/mol. The van der Waals surface area contributed by atoms with Crippen molar-refractivity contribution in [2.24, 2.45) is 13.0 Å². The van der Waals surface area contributed by atoms with Gasteiger partial charge in [0, 0.05) is 64.0 Å². The average molecular weight is 489 g/mol. The minimum Gasteiger partial charge on any atom is -0.381 e. The summed E-state index contributed by atoms with van der Waals surface area (Å²) < 4.78 is 7.78. The minimum absolute atomic E-state index is 0.303. The van der Waals surface area contributed by atoms with Crippen molar-refractivity contribution in [2.45, 2.75) is 66.0 Å². The maximum absolute atomic E-state index is 5.76. The van der Waals surface area contributed by atoms with E-state index in [0.717, 1.165) is 61.9 Å². The molecule has 192 valence electrons. The van der Waals surface area contributed by atoms with Gasteiger partial charge in [0.2, 0.25) is 0 Å². The lowest BCUT2D eigenvalue weighted by Gasteiger charge is -2.39. The Morgan fingerprint density at radius 2 is 1.81 bits per heavy atom. The highest BCUT2D eigenvalue weighted by molar-refractivity contribution is 5.68. The van der Waals surface area contributed by atoms with E-state index < -0.39 is 0 Å². The second kappa shape index (κ2) is 9.85. The van der Waals surface area contributed by atoms with Crippen LogP contribution in [0.4, 0.5) is 11.6 Å². The summed E-state index contributed by atoms with van der Waals surface area (Å²) in [7, 11) is 3.88. The van der Waals surface area contributed by atoms with Crippen molar-refractivity contribution in [1.82, 2.24) is 19.7 Å². The summed E-state index contributed by atoms with van der Waals surface area (Å²) in [6.07, 6.45) is 2.21. The van der Waals surface area contributed by atoms with Gasteiger partial charge in [0.15, 0.2) is 5.82 Å². The Morgan fingerprint density at radius 3 is 2.44 bits per heavy atom. The molecule has 2 aliphatic heterocycles.